The van der Waals surface area contributed by atoms with Gasteiger partial charge in [-0.15, -0.1) is 0 Å². The molecule has 224 valence electrons. The molecule has 1 saturated carbocycles. The van der Waals surface area contributed by atoms with Crippen molar-refractivity contribution >= 4 is 45.5 Å². The van der Waals surface area contributed by atoms with E-state index >= 15 is 4.39 Å². The molecule has 1 aliphatic carbocycles. The van der Waals surface area contributed by atoms with Gasteiger partial charge in [0.1, 0.15) is 18.9 Å². The molecule has 2 N–H and O–H groups in total. The molecule has 12 nitrogen and oxygen atoms in total. The van der Waals surface area contributed by atoms with Crippen molar-refractivity contribution in [3.8, 4) is 11.1 Å². The van der Waals surface area contributed by atoms with Crippen LogP contribution in [-0.4, -0.2) is 91.4 Å². The van der Waals surface area contributed by atoms with Crippen LogP contribution < -0.4 is 5.32 Å². The van der Waals surface area contributed by atoms with E-state index in [1.54, 1.807) is 41.7 Å². The van der Waals surface area contributed by atoms with Gasteiger partial charge in [0.2, 0.25) is 17.7 Å². The quantitative estimate of drug-likeness (QED) is 0.321. The van der Waals surface area contributed by atoms with Crippen LogP contribution in [0.2, 0.25) is 0 Å². The zero-order valence-electron chi connectivity index (χ0n) is 24.1. The first-order valence-electron chi connectivity index (χ1n) is 14.0. The number of carboxylic acids is 1. The van der Waals surface area contributed by atoms with E-state index in [0.717, 1.165) is 29.4 Å². The summed E-state index contributed by atoms with van der Waals surface area (Å²) in [4.78, 5) is 50.9. The second-order valence-electron chi connectivity index (χ2n) is 11.8. The van der Waals surface area contributed by atoms with Gasteiger partial charge in [0.15, 0.2) is 0 Å². The maximum Gasteiger partial charge on any atom is 0.322 e. The summed E-state index contributed by atoms with van der Waals surface area (Å²) in [6.07, 6.45) is 3.28. The summed E-state index contributed by atoms with van der Waals surface area (Å²) in [6.45, 7) is 1.98. The number of amides is 3. The Hall–Kier alpha value is -4.81. The molecule has 43 heavy (non-hydrogen) atoms. The van der Waals surface area contributed by atoms with Crippen LogP contribution >= 0.6 is 0 Å². The van der Waals surface area contributed by atoms with Crippen LogP contribution in [0.5, 0.6) is 0 Å². The van der Waals surface area contributed by atoms with Crippen molar-refractivity contribution in [2.24, 2.45) is 12.5 Å². The molecule has 0 unspecified atom stereocenters. The Labute approximate surface area is 246 Å². The van der Waals surface area contributed by atoms with Crippen molar-refractivity contribution in [3.05, 3.63) is 48.0 Å². The summed E-state index contributed by atoms with van der Waals surface area (Å²) in [6, 6.07) is 8.75. The van der Waals surface area contributed by atoms with Gasteiger partial charge >= 0.3 is 5.97 Å². The maximum absolute atomic E-state index is 15.6. The third kappa shape index (κ3) is 5.08. The minimum atomic E-state index is -1.18. The lowest BCUT2D eigenvalue weighted by Gasteiger charge is -2.58. The predicted molar refractivity (Wildman–Crippen MR) is 154 cm³/mol. The molecule has 1 spiro atoms. The Morgan fingerprint density at radius 1 is 1.14 bits per heavy atom. The number of halogens is 1. The number of carbonyl (C=O) groups excluding carboxylic acids is 3. The number of hydrogen-bond acceptors (Lipinski definition) is 6. The fourth-order valence-corrected chi connectivity index (χ4v) is 6.47. The van der Waals surface area contributed by atoms with E-state index in [2.05, 4.69) is 10.4 Å². The van der Waals surface area contributed by atoms with Crippen molar-refractivity contribution in [2.45, 2.75) is 32.2 Å². The number of hydrogen-bond donors (Lipinski definition) is 2. The number of likely N-dealkylation sites (N-methyl/N-ethyl adjacent to an activating group) is 1. The first-order chi connectivity index (χ1) is 20.4. The van der Waals surface area contributed by atoms with E-state index in [9.17, 15) is 19.2 Å². The number of carbonyl (C=O) groups is 4. The molecule has 0 bridgehead atoms. The SMILES string of the molecule is CC(=O)N1CC2(CC(c3nn(CC(=O)N(C)CC(=O)NCC(=O)O)c4cccc(-c5cc6c(cnn6C)cc5F)c34)C2)C1. The highest BCUT2D eigenvalue weighted by molar-refractivity contribution is 6.00. The number of aryl methyl sites for hydroxylation is 1. The highest BCUT2D eigenvalue weighted by Gasteiger charge is 2.54. The molecule has 13 heteroatoms. The molecule has 2 aromatic carbocycles. The maximum atomic E-state index is 15.6. The molecule has 2 aliphatic rings. The molecule has 1 aliphatic heterocycles. The minimum absolute atomic E-state index is 0.0552. The Balaban J connectivity index is 1.35. The molecule has 0 radical (unpaired) electrons. The summed E-state index contributed by atoms with van der Waals surface area (Å²) in [5.41, 5.74) is 3.33. The fraction of sp³-hybridized carbons (Fsp3) is 0.400. The lowest BCUT2D eigenvalue weighted by molar-refractivity contribution is -0.149. The number of nitrogens with one attached hydrogen (secondary N) is 1. The summed E-state index contributed by atoms with van der Waals surface area (Å²) in [5.74, 6) is -2.43. The average Bonchev–Trinajstić information content (AvgIpc) is 3.45. The van der Waals surface area contributed by atoms with Gasteiger partial charge in [-0.1, -0.05) is 12.1 Å². The highest BCUT2D eigenvalue weighted by Crippen LogP contribution is 2.57. The number of benzene rings is 2. The molecule has 6 rings (SSSR count). The summed E-state index contributed by atoms with van der Waals surface area (Å²) in [5, 5.41) is 21.6. The second kappa shape index (κ2) is 10.5. The van der Waals surface area contributed by atoms with Gasteiger partial charge in [-0.25, -0.2) is 4.39 Å². The zero-order chi connectivity index (χ0) is 30.6. The summed E-state index contributed by atoms with van der Waals surface area (Å²) in [7, 11) is 3.27. The van der Waals surface area contributed by atoms with Gasteiger partial charge in [-0.2, -0.15) is 10.2 Å². The van der Waals surface area contributed by atoms with E-state index in [1.807, 2.05) is 17.0 Å². The first-order valence-corrected chi connectivity index (χ1v) is 14.0. The molecular weight excluding hydrogens is 557 g/mol. The molecule has 0 atom stereocenters. The van der Waals surface area contributed by atoms with Crippen molar-refractivity contribution in [1.82, 2.24) is 34.7 Å². The van der Waals surface area contributed by atoms with E-state index < -0.39 is 30.1 Å². The van der Waals surface area contributed by atoms with E-state index in [4.69, 9.17) is 10.2 Å². The number of nitrogens with zero attached hydrogens (tertiary/aromatic N) is 6. The lowest BCUT2D eigenvalue weighted by Crippen LogP contribution is -2.62. The summed E-state index contributed by atoms with van der Waals surface area (Å²) >= 11 is 0. The first kappa shape index (κ1) is 28.3. The standard InChI is InChI=1S/C30H32FN7O5/c1-17(39)37-15-30(16-37)9-19(10-30)29-28-20(21-8-24-18(7-22(21)31)11-33-36(24)3)5-4-6-23(28)38(34-29)14-26(41)35(2)13-25(40)32-12-27(42)43/h4-8,11,19H,9-10,12-16H2,1-3H3,(H,32,40)(H,42,43). The number of carboxylic acid groups (broad SMARTS) is 1. The van der Waals surface area contributed by atoms with Crippen molar-refractivity contribution < 1.29 is 28.7 Å². The Kier molecular flexibility index (Phi) is 6.90. The second-order valence-corrected chi connectivity index (χ2v) is 11.8. The molecule has 4 aromatic rings. The number of aromatic nitrogens is 4. The molecular formula is C30H32FN7O5. The van der Waals surface area contributed by atoms with E-state index in [1.165, 1.54) is 18.0 Å². The van der Waals surface area contributed by atoms with Crippen LogP contribution in [0, 0.1) is 11.2 Å². The van der Waals surface area contributed by atoms with Gasteiger partial charge in [-0.05, 0) is 36.6 Å². The van der Waals surface area contributed by atoms with Crippen molar-refractivity contribution in [2.75, 3.05) is 33.2 Å². The third-order valence-corrected chi connectivity index (χ3v) is 8.70. The van der Waals surface area contributed by atoms with Gasteiger partial charge in [0.25, 0.3) is 0 Å². The number of likely N-dealkylation sites (tertiary alicyclic amines) is 1. The molecule has 2 fully saturated rings. The van der Waals surface area contributed by atoms with Crippen LogP contribution in [0.15, 0.2) is 36.5 Å². The predicted octanol–water partition coefficient (Wildman–Crippen LogP) is 2.11. The van der Waals surface area contributed by atoms with Crippen LogP contribution in [0.25, 0.3) is 32.9 Å². The minimum Gasteiger partial charge on any atom is -0.480 e. The molecule has 1 saturated heterocycles. The van der Waals surface area contributed by atoms with Gasteiger partial charge in [-0.3, -0.25) is 28.5 Å². The Morgan fingerprint density at radius 3 is 2.58 bits per heavy atom. The molecule has 3 amide bonds. The van der Waals surface area contributed by atoms with Gasteiger partial charge in [0, 0.05) is 61.8 Å². The highest BCUT2D eigenvalue weighted by atomic mass is 19.1. The van der Waals surface area contributed by atoms with Crippen LogP contribution in [-0.2, 0) is 32.8 Å². The number of fused-ring (bicyclic) bond motifs is 2. The molecule has 3 heterocycles. The normalized spacial score (nSPS) is 15.9. The lowest BCUT2D eigenvalue weighted by atomic mass is 9.56. The van der Waals surface area contributed by atoms with Crippen molar-refractivity contribution in [3.63, 3.8) is 0 Å². The van der Waals surface area contributed by atoms with Gasteiger partial charge in [0.05, 0.1) is 29.5 Å². The van der Waals surface area contributed by atoms with Crippen molar-refractivity contribution in [1.29, 1.82) is 0 Å². The summed E-state index contributed by atoms with van der Waals surface area (Å²) < 4.78 is 18.9. The average molecular weight is 590 g/mol. The third-order valence-electron chi connectivity index (χ3n) is 8.70. The Bertz CT molecular complexity index is 1800. The smallest absolute Gasteiger partial charge is 0.322 e. The van der Waals surface area contributed by atoms with Crippen LogP contribution in [0.1, 0.15) is 31.4 Å². The number of rotatable bonds is 8. The zero-order valence-corrected chi connectivity index (χ0v) is 24.1. The molecule has 2 aromatic heterocycles. The fourth-order valence-electron chi connectivity index (χ4n) is 6.47. The van der Waals surface area contributed by atoms with Crippen LogP contribution in [0.3, 0.4) is 0 Å². The Morgan fingerprint density at radius 2 is 1.88 bits per heavy atom. The van der Waals surface area contributed by atoms with E-state index in [-0.39, 0.29) is 30.3 Å². The number of aliphatic carboxylic acids is 1. The van der Waals surface area contributed by atoms with E-state index in [0.29, 0.717) is 35.1 Å². The van der Waals surface area contributed by atoms with Gasteiger partial charge < -0.3 is 20.2 Å². The van der Waals surface area contributed by atoms with Crippen LogP contribution in [0.4, 0.5) is 4.39 Å². The largest absolute Gasteiger partial charge is 0.480 e. The monoisotopic (exact) mass is 589 g/mol. The topological polar surface area (TPSA) is 143 Å².